The molecule has 0 heterocycles. The van der Waals surface area contributed by atoms with Gasteiger partial charge in [-0.1, -0.05) is 0 Å². The molecule has 0 atom stereocenters. The third kappa shape index (κ3) is 14.6. The first-order chi connectivity index (χ1) is 15.1. The van der Waals surface area contributed by atoms with Gasteiger partial charge in [-0.3, -0.25) is 0 Å². The van der Waals surface area contributed by atoms with Crippen LogP contribution < -0.4 is 95.9 Å². The molecule has 0 aromatic heterocycles. The van der Waals surface area contributed by atoms with Crippen LogP contribution in [0.5, 0.6) is 11.5 Å². The molecule has 222 valence electrons. The summed E-state index contributed by atoms with van der Waals surface area (Å²) in [5, 5.41) is 22.4. The van der Waals surface area contributed by atoms with E-state index in [-0.39, 0.29) is 95.9 Å². The molecule has 6 nitrogen and oxygen atoms in total. The first-order valence-corrected chi connectivity index (χ1v) is 12.1. The average Bonchev–Trinajstić information content (AvgIpc) is 2.56. The molecule has 0 aliphatic carbocycles. The van der Waals surface area contributed by atoms with Crippen LogP contribution in [0.15, 0.2) is 24.3 Å². The molecule has 0 aliphatic rings. The molecular weight excluding hydrogens is 932 g/mol. The molecule has 2 rings (SSSR count). The number of quaternary nitrogens is 4. The van der Waals surface area contributed by atoms with Gasteiger partial charge in [0.15, 0.2) is 0 Å². The zero-order valence-corrected chi connectivity index (χ0v) is 34.0. The summed E-state index contributed by atoms with van der Waals surface area (Å²) < 4.78 is 2.93. The van der Waals surface area contributed by atoms with Gasteiger partial charge in [-0.05, 0) is 35.4 Å². The van der Waals surface area contributed by atoms with Crippen LogP contribution in [0.2, 0.25) is 0 Å². The number of phenolic OH excluding ortho intramolecular Hbond substituents is 2. The highest BCUT2D eigenvalue weighted by atomic mass is 127. The van der Waals surface area contributed by atoms with E-state index < -0.39 is 0 Å². The van der Waals surface area contributed by atoms with Crippen LogP contribution in [0, 0.1) is 0 Å². The van der Waals surface area contributed by atoms with E-state index in [1.165, 1.54) is 0 Å². The predicted octanol–water partition coefficient (Wildman–Crippen LogP) is -8.39. The van der Waals surface area contributed by atoms with Gasteiger partial charge in [-0.15, -0.1) is 0 Å². The minimum absolute atomic E-state index is 0. The maximum atomic E-state index is 11.2. The number of aromatic hydroxyl groups is 2. The molecule has 0 spiro atoms. The summed E-state index contributed by atoms with van der Waals surface area (Å²) in [6, 6.07) is 8.54. The van der Waals surface area contributed by atoms with Crippen molar-refractivity contribution in [3.05, 3.63) is 46.5 Å². The molecule has 38 heavy (non-hydrogen) atoms. The predicted molar refractivity (Wildman–Crippen MR) is 142 cm³/mol. The Bertz CT molecular complexity index is 878. The number of hydrogen-bond acceptors (Lipinski definition) is 2. The lowest BCUT2D eigenvalue weighted by atomic mass is 9.93. The quantitative estimate of drug-likeness (QED) is 0.194. The Morgan fingerprint density at radius 2 is 0.553 bits per heavy atom. The molecule has 0 unspecified atom stereocenters. The van der Waals surface area contributed by atoms with E-state index in [4.69, 9.17) is 0 Å². The van der Waals surface area contributed by atoms with E-state index in [2.05, 4.69) is 109 Å². The van der Waals surface area contributed by atoms with E-state index in [0.717, 1.165) is 77.5 Å². The Hall–Kier alpha value is 0.800. The minimum Gasteiger partial charge on any atom is -1.00 e. The zero-order valence-electron chi connectivity index (χ0n) is 25.3. The number of benzene rings is 2. The summed E-state index contributed by atoms with van der Waals surface area (Å²) in [6.07, 6.45) is 0. The van der Waals surface area contributed by atoms with Crippen molar-refractivity contribution in [2.45, 2.75) is 26.2 Å². The molecule has 0 radical (unpaired) electrons. The fourth-order valence-electron chi connectivity index (χ4n) is 4.38. The highest BCUT2D eigenvalue weighted by Crippen LogP contribution is 2.37. The van der Waals surface area contributed by atoms with Crippen molar-refractivity contribution >= 4 is 0 Å². The molecule has 0 aliphatic heterocycles. The van der Waals surface area contributed by atoms with Crippen LogP contribution in [-0.2, 0) is 26.2 Å². The van der Waals surface area contributed by atoms with Gasteiger partial charge in [0.05, 0.1) is 84.6 Å². The molecule has 2 aromatic carbocycles. The monoisotopic (exact) mass is 982 g/mol. The average molecular weight is 982 g/mol. The van der Waals surface area contributed by atoms with Gasteiger partial charge >= 0.3 is 0 Å². The number of hydrogen-bond donors (Lipinski definition) is 2. The van der Waals surface area contributed by atoms with Crippen molar-refractivity contribution in [1.82, 2.24) is 0 Å². The molecule has 0 saturated heterocycles. The van der Waals surface area contributed by atoms with Crippen molar-refractivity contribution in [2.24, 2.45) is 0 Å². The zero-order chi connectivity index (χ0) is 26.3. The second-order valence-corrected chi connectivity index (χ2v) is 14.1. The van der Waals surface area contributed by atoms with Crippen molar-refractivity contribution in [3.63, 3.8) is 0 Å². The Morgan fingerprint density at radius 3 is 0.684 bits per heavy atom. The largest absolute Gasteiger partial charge is 1.00 e. The summed E-state index contributed by atoms with van der Waals surface area (Å²) in [7, 11) is 25.7. The van der Waals surface area contributed by atoms with Crippen LogP contribution in [0.3, 0.4) is 0 Å². The number of nitrogens with zero attached hydrogens (tertiary/aromatic N) is 4. The lowest BCUT2D eigenvalue weighted by Crippen LogP contribution is -3.00. The first kappa shape index (κ1) is 43.3. The maximum absolute atomic E-state index is 11.2. The molecule has 2 aromatic rings. The molecule has 0 bridgehead atoms. The van der Waals surface area contributed by atoms with Crippen molar-refractivity contribution < 1.29 is 124 Å². The Morgan fingerprint density at radius 1 is 0.395 bits per heavy atom. The second-order valence-electron chi connectivity index (χ2n) is 14.1. The van der Waals surface area contributed by atoms with E-state index in [9.17, 15) is 10.2 Å². The lowest BCUT2D eigenvalue weighted by molar-refractivity contribution is -0.884. The van der Waals surface area contributed by atoms with Crippen LogP contribution in [-0.4, -0.2) is 113 Å². The minimum atomic E-state index is 0. The fraction of sp³-hybridized carbons (Fsp3) is 0.571. The van der Waals surface area contributed by atoms with Gasteiger partial charge < -0.3 is 124 Å². The molecule has 0 fully saturated rings. The van der Waals surface area contributed by atoms with Gasteiger partial charge in [-0.25, -0.2) is 0 Å². The Labute approximate surface area is 300 Å². The fourth-order valence-corrected chi connectivity index (χ4v) is 4.38. The number of rotatable bonds is 9. The van der Waals surface area contributed by atoms with E-state index in [1.807, 2.05) is 0 Å². The van der Waals surface area contributed by atoms with Gasteiger partial charge in [0.1, 0.15) is 37.7 Å². The Kier molecular flexibility index (Phi) is 18.1. The third-order valence-corrected chi connectivity index (χ3v) is 5.45. The number of phenols is 2. The van der Waals surface area contributed by atoms with Crippen molar-refractivity contribution in [1.29, 1.82) is 0 Å². The van der Waals surface area contributed by atoms with Gasteiger partial charge in [0.2, 0.25) is 0 Å². The topological polar surface area (TPSA) is 40.5 Å². The van der Waals surface area contributed by atoms with Crippen molar-refractivity contribution in [2.75, 3.05) is 84.6 Å². The summed E-state index contributed by atoms with van der Waals surface area (Å²) in [5.41, 5.74) is 6.03. The van der Waals surface area contributed by atoms with Crippen LogP contribution in [0.4, 0.5) is 0 Å². The normalized spacial score (nSPS) is 12.0. The van der Waals surface area contributed by atoms with Crippen LogP contribution in [0.25, 0.3) is 11.1 Å². The van der Waals surface area contributed by atoms with Crippen LogP contribution >= 0.6 is 0 Å². The number of halogens is 4. The third-order valence-electron chi connectivity index (χ3n) is 5.45. The Balaban J connectivity index is -0.00000306. The van der Waals surface area contributed by atoms with E-state index >= 15 is 0 Å². The molecular formula is C28H50I4N4O2. The van der Waals surface area contributed by atoms with E-state index in [1.54, 1.807) is 0 Å². The second kappa shape index (κ2) is 15.9. The molecule has 10 heteroatoms. The first-order valence-electron chi connectivity index (χ1n) is 12.1. The lowest BCUT2D eigenvalue weighted by Gasteiger charge is -2.29. The van der Waals surface area contributed by atoms with Gasteiger partial charge in [-0.2, -0.15) is 0 Å². The summed E-state index contributed by atoms with van der Waals surface area (Å²) >= 11 is 0. The molecule has 0 amide bonds. The smallest absolute Gasteiger partial charge is 0.133 e. The van der Waals surface area contributed by atoms with Crippen molar-refractivity contribution in [3.8, 4) is 22.6 Å². The highest BCUT2D eigenvalue weighted by Gasteiger charge is 2.24. The van der Waals surface area contributed by atoms with Gasteiger partial charge in [0.25, 0.3) is 0 Å². The summed E-state index contributed by atoms with van der Waals surface area (Å²) in [4.78, 5) is 0. The highest BCUT2D eigenvalue weighted by molar-refractivity contribution is 5.70. The van der Waals surface area contributed by atoms with E-state index in [0.29, 0.717) is 11.5 Å². The molecule has 0 saturated carbocycles. The SMILES string of the molecule is C[N+](C)(C)Cc1cc(-c2cc(C[N+](C)(C)C)c(O)c(C[N+](C)(C)C)c2)cc(C[N+](C)(C)C)c1O.[I-].[I-].[I-].[I-]. The standard InChI is InChI=1S/C28H48N4O2.4HI/c1-29(2,3)17-23-13-21(14-24(27(23)33)18-30(4,5)6)22-15-25(19-31(7,8)9)28(34)26(16-22)20-32(10,11)12;;;;/h13-16H,17-20H2,1-12H3;4*1H/q+2;;;;/p-2. The summed E-state index contributed by atoms with van der Waals surface area (Å²) in [5.74, 6) is 0.809. The molecule has 2 N–H and O–H groups in total. The van der Waals surface area contributed by atoms with Gasteiger partial charge in [0, 0.05) is 22.3 Å². The summed E-state index contributed by atoms with van der Waals surface area (Å²) in [6.45, 7) is 2.94. The van der Waals surface area contributed by atoms with Crippen LogP contribution in [0.1, 0.15) is 22.3 Å². The maximum Gasteiger partial charge on any atom is 0.133 e.